The highest BCUT2D eigenvalue weighted by atomic mass is 16.6. The summed E-state index contributed by atoms with van der Waals surface area (Å²) in [6.07, 6.45) is 10.1. The van der Waals surface area contributed by atoms with Crippen molar-refractivity contribution in [2.45, 2.75) is 58.7 Å². The molecule has 9 nitrogen and oxygen atoms in total. The van der Waals surface area contributed by atoms with Crippen molar-refractivity contribution in [3.8, 4) is 5.75 Å². The van der Waals surface area contributed by atoms with Crippen molar-refractivity contribution >= 4 is 6.09 Å². The highest BCUT2D eigenvalue weighted by Crippen LogP contribution is 2.34. The van der Waals surface area contributed by atoms with E-state index >= 15 is 0 Å². The van der Waals surface area contributed by atoms with Gasteiger partial charge in [-0.2, -0.15) is 0 Å². The fraction of sp³-hybridized carbons (Fsp3) is 0.345. The lowest BCUT2D eigenvalue weighted by Crippen LogP contribution is -2.33. The van der Waals surface area contributed by atoms with Crippen LogP contribution in [-0.4, -0.2) is 37.5 Å². The first-order valence-corrected chi connectivity index (χ1v) is 12.9. The molecule has 1 amide bonds. The molecule has 3 aromatic heterocycles. The van der Waals surface area contributed by atoms with Gasteiger partial charge in [0.2, 0.25) is 0 Å². The number of ether oxygens (including phenoxy) is 1. The first-order valence-electron chi connectivity index (χ1n) is 12.9. The molecule has 38 heavy (non-hydrogen) atoms. The third-order valence-corrected chi connectivity index (χ3v) is 6.87. The van der Waals surface area contributed by atoms with Crippen molar-refractivity contribution in [1.29, 1.82) is 0 Å². The zero-order valence-electron chi connectivity index (χ0n) is 21.8. The average Bonchev–Trinajstić information content (AvgIpc) is 3.46. The molecule has 1 aromatic carbocycles. The van der Waals surface area contributed by atoms with E-state index < -0.39 is 6.09 Å². The molecule has 1 aliphatic carbocycles. The van der Waals surface area contributed by atoms with E-state index in [0.29, 0.717) is 23.7 Å². The summed E-state index contributed by atoms with van der Waals surface area (Å²) in [6, 6.07) is 12.7. The number of hydrogen-bond donors (Lipinski definition) is 1. The third kappa shape index (κ3) is 6.23. The van der Waals surface area contributed by atoms with Gasteiger partial charge in [-0.25, -0.2) is 19.7 Å². The summed E-state index contributed by atoms with van der Waals surface area (Å²) < 4.78 is 11.0. The lowest BCUT2D eigenvalue weighted by Gasteiger charge is -2.35. The van der Waals surface area contributed by atoms with Gasteiger partial charge >= 0.3 is 6.09 Å². The molecule has 0 fully saturated rings. The van der Waals surface area contributed by atoms with Gasteiger partial charge < -0.3 is 14.5 Å². The van der Waals surface area contributed by atoms with Crippen LogP contribution in [0.4, 0.5) is 4.79 Å². The number of aromatic nitrogens is 4. The molecular formula is C29H32N6O3. The second-order valence-electron chi connectivity index (χ2n) is 9.54. The summed E-state index contributed by atoms with van der Waals surface area (Å²) in [4.78, 5) is 32.2. The van der Waals surface area contributed by atoms with Crippen LogP contribution in [0.1, 0.15) is 58.5 Å². The van der Waals surface area contributed by atoms with Gasteiger partial charge in [-0.1, -0.05) is 30.3 Å². The zero-order valence-corrected chi connectivity index (χ0v) is 21.8. The maximum absolute atomic E-state index is 12.5. The molecule has 1 unspecified atom stereocenters. The Balaban J connectivity index is 1.27. The van der Waals surface area contributed by atoms with Crippen molar-refractivity contribution in [2.75, 3.05) is 6.54 Å². The predicted molar refractivity (Wildman–Crippen MR) is 141 cm³/mol. The summed E-state index contributed by atoms with van der Waals surface area (Å²) in [5, 5.41) is 2.84. The minimum Gasteiger partial charge on any atom is -0.449 e. The number of hydrogen-bond acceptors (Lipinski definition) is 8. The summed E-state index contributed by atoms with van der Waals surface area (Å²) >= 11 is 0. The highest BCUT2D eigenvalue weighted by Gasteiger charge is 2.27. The number of benzene rings is 1. The van der Waals surface area contributed by atoms with Crippen LogP contribution in [0.15, 0.2) is 65.8 Å². The van der Waals surface area contributed by atoms with E-state index in [9.17, 15) is 4.79 Å². The molecule has 1 N–H and O–H groups in total. The van der Waals surface area contributed by atoms with E-state index in [1.165, 1.54) is 17.6 Å². The Morgan fingerprint density at radius 2 is 1.92 bits per heavy atom. The lowest BCUT2D eigenvalue weighted by atomic mass is 9.90. The van der Waals surface area contributed by atoms with Gasteiger partial charge in [0.05, 0.1) is 29.3 Å². The van der Waals surface area contributed by atoms with Crippen LogP contribution in [0.25, 0.3) is 0 Å². The van der Waals surface area contributed by atoms with Crippen molar-refractivity contribution in [2.24, 2.45) is 0 Å². The van der Waals surface area contributed by atoms with Gasteiger partial charge in [0.15, 0.2) is 11.6 Å². The Morgan fingerprint density at radius 3 is 2.74 bits per heavy atom. The number of carbonyl (C=O) groups is 1. The maximum atomic E-state index is 12.5. The number of carbonyl (C=O) groups excluding carboxylic acids is 1. The topological polar surface area (TPSA) is 106 Å². The largest absolute Gasteiger partial charge is 0.449 e. The molecule has 5 rings (SSSR count). The van der Waals surface area contributed by atoms with Crippen LogP contribution >= 0.6 is 0 Å². The average molecular weight is 513 g/mol. The molecule has 9 heteroatoms. The van der Waals surface area contributed by atoms with Gasteiger partial charge in [0.25, 0.3) is 0 Å². The summed E-state index contributed by atoms with van der Waals surface area (Å²) in [7, 11) is 0. The molecule has 0 aliphatic heterocycles. The molecule has 4 aromatic rings. The molecular weight excluding hydrogens is 480 g/mol. The molecule has 0 saturated carbocycles. The van der Waals surface area contributed by atoms with Gasteiger partial charge in [-0.3, -0.25) is 9.88 Å². The van der Waals surface area contributed by atoms with Crippen LogP contribution in [0.5, 0.6) is 5.75 Å². The Kier molecular flexibility index (Phi) is 8.04. The van der Waals surface area contributed by atoms with E-state index in [1.54, 1.807) is 26.3 Å². The van der Waals surface area contributed by atoms with E-state index in [1.807, 2.05) is 24.4 Å². The van der Waals surface area contributed by atoms with E-state index in [-0.39, 0.29) is 6.04 Å². The molecule has 1 atom stereocenters. The molecule has 0 spiro atoms. The van der Waals surface area contributed by atoms with Crippen LogP contribution in [0, 0.1) is 13.8 Å². The van der Waals surface area contributed by atoms with Gasteiger partial charge in [0.1, 0.15) is 12.6 Å². The van der Waals surface area contributed by atoms with Gasteiger partial charge in [-0.05, 0) is 55.9 Å². The number of fused-ring (bicyclic) bond motifs is 1. The SMILES string of the molecule is Cc1ncnc(C)c1OC(=O)NCc1cccc(CN(CCc2ncco2)C2CCCc3cccnc32)c1. The number of oxazole rings is 1. The molecule has 3 heterocycles. The number of nitrogens with one attached hydrogen (secondary N) is 1. The number of nitrogens with zero attached hydrogens (tertiary/aromatic N) is 5. The minimum atomic E-state index is -0.533. The Labute approximate surface area is 222 Å². The van der Waals surface area contributed by atoms with E-state index in [0.717, 1.165) is 55.8 Å². The highest BCUT2D eigenvalue weighted by molar-refractivity contribution is 5.70. The standard InChI is InChI=1S/C29H32N6O3/c1-20-28(21(2)34-19-33-20)38-29(36)32-17-22-6-3-7-23(16-22)18-35(14-11-26-30-13-15-37-26)25-10-4-8-24-9-5-12-31-27(24)25/h3,5-7,9,12-13,15-16,19,25H,4,8,10-11,14,17-18H2,1-2H3,(H,32,36). The predicted octanol–water partition coefficient (Wildman–Crippen LogP) is 4.89. The van der Waals surface area contributed by atoms with Crippen molar-refractivity contribution in [1.82, 2.24) is 30.2 Å². The zero-order chi connectivity index (χ0) is 26.3. The fourth-order valence-electron chi connectivity index (χ4n) is 5.01. The molecule has 0 radical (unpaired) electrons. The maximum Gasteiger partial charge on any atom is 0.412 e. The Hall–Kier alpha value is -4.11. The first kappa shape index (κ1) is 25.5. The van der Waals surface area contributed by atoms with E-state index in [2.05, 4.69) is 43.4 Å². The normalized spacial score (nSPS) is 14.8. The summed E-state index contributed by atoms with van der Waals surface area (Å²) in [5.74, 6) is 1.12. The second kappa shape index (κ2) is 12.0. The molecule has 0 bridgehead atoms. The molecule has 1 aliphatic rings. The number of rotatable bonds is 9. The van der Waals surface area contributed by atoms with Crippen molar-refractivity contribution in [3.63, 3.8) is 0 Å². The van der Waals surface area contributed by atoms with Crippen molar-refractivity contribution < 1.29 is 13.9 Å². The number of aryl methyl sites for hydroxylation is 3. The quantitative estimate of drug-likeness (QED) is 0.338. The van der Waals surface area contributed by atoms with E-state index in [4.69, 9.17) is 14.1 Å². The van der Waals surface area contributed by atoms with Crippen molar-refractivity contribution in [3.05, 3.63) is 101 Å². The molecule has 0 saturated heterocycles. The Bertz CT molecular complexity index is 1350. The minimum absolute atomic E-state index is 0.228. The fourth-order valence-corrected chi connectivity index (χ4v) is 5.01. The Morgan fingerprint density at radius 1 is 1.08 bits per heavy atom. The number of pyridine rings is 1. The summed E-state index contributed by atoms with van der Waals surface area (Å²) in [6.45, 7) is 5.47. The van der Waals surface area contributed by atoms with Crippen LogP contribution in [-0.2, 0) is 25.9 Å². The third-order valence-electron chi connectivity index (χ3n) is 6.87. The monoisotopic (exact) mass is 512 g/mol. The van der Waals surface area contributed by atoms with Crippen LogP contribution in [0.2, 0.25) is 0 Å². The first-order chi connectivity index (χ1) is 18.6. The smallest absolute Gasteiger partial charge is 0.412 e. The lowest BCUT2D eigenvalue weighted by molar-refractivity contribution is 0.164. The van der Waals surface area contributed by atoms with Crippen LogP contribution < -0.4 is 10.1 Å². The van der Waals surface area contributed by atoms with Crippen LogP contribution in [0.3, 0.4) is 0 Å². The van der Waals surface area contributed by atoms with Gasteiger partial charge in [0, 0.05) is 32.3 Å². The molecule has 196 valence electrons. The summed E-state index contributed by atoms with van der Waals surface area (Å²) in [5.41, 5.74) is 5.90. The second-order valence-corrected chi connectivity index (χ2v) is 9.54. The van der Waals surface area contributed by atoms with Gasteiger partial charge in [-0.15, -0.1) is 0 Å². The number of amides is 1.